The maximum atomic E-state index is 9.07. The number of hydrogen-bond donors (Lipinski definition) is 0. The number of ether oxygens (including phenoxy) is 1. The highest BCUT2D eigenvalue weighted by atomic mass is 16.5. The van der Waals surface area contributed by atoms with Crippen LogP contribution in [0.25, 0.3) is 16.7 Å². The first-order chi connectivity index (χ1) is 14.3. The number of nitriles is 1. The summed E-state index contributed by atoms with van der Waals surface area (Å²) in [5.74, 6) is 2.60. The Morgan fingerprint density at radius 3 is 2.62 bits per heavy atom. The van der Waals surface area contributed by atoms with E-state index in [9.17, 15) is 0 Å². The van der Waals surface area contributed by atoms with Crippen molar-refractivity contribution in [3.63, 3.8) is 0 Å². The van der Waals surface area contributed by atoms with Crippen molar-refractivity contribution in [2.45, 2.75) is 19.5 Å². The average molecular weight is 386 g/mol. The summed E-state index contributed by atoms with van der Waals surface area (Å²) < 4.78 is 13.0. The molecule has 0 fully saturated rings. The molecule has 0 unspecified atom stereocenters. The molecule has 4 aromatic rings. The third kappa shape index (κ3) is 4.15. The molecule has 0 aliphatic heterocycles. The number of para-hydroxylation sites is 2. The number of fused-ring (bicyclic) bond motifs is 1. The smallest absolute Gasteiger partial charge is 0.128 e. The van der Waals surface area contributed by atoms with Crippen molar-refractivity contribution in [2.24, 2.45) is 0 Å². The summed E-state index contributed by atoms with van der Waals surface area (Å²) in [6.45, 7) is 1.87. The zero-order chi connectivity index (χ0) is 20.1. The van der Waals surface area contributed by atoms with Gasteiger partial charge in [0, 0.05) is 18.7 Å². The number of benzene rings is 2. The largest absolute Gasteiger partial charge is 0.497 e. The predicted octanol–water partition coefficient (Wildman–Crippen LogP) is 4.54. The molecule has 0 N–H and O–H groups in total. The molecule has 146 valence electrons. The SMILES string of the molecule is COc1ccc(-n2c(CN(CCC#N)Cc3ccco3)nc3ccccc32)cc1. The monoisotopic (exact) mass is 386 g/mol. The van der Waals surface area contributed by atoms with Crippen molar-refractivity contribution in [1.82, 2.24) is 14.5 Å². The quantitative estimate of drug-likeness (QED) is 0.445. The lowest BCUT2D eigenvalue weighted by Crippen LogP contribution is -2.25. The number of nitrogens with zero attached hydrogens (tertiary/aromatic N) is 4. The molecule has 6 heteroatoms. The van der Waals surface area contributed by atoms with Crippen LogP contribution in [0.15, 0.2) is 71.3 Å². The van der Waals surface area contributed by atoms with Crippen LogP contribution in [0, 0.1) is 11.3 Å². The van der Waals surface area contributed by atoms with Crippen molar-refractivity contribution in [3.05, 3.63) is 78.5 Å². The fourth-order valence-corrected chi connectivity index (χ4v) is 3.45. The van der Waals surface area contributed by atoms with Crippen LogP contribution in [0.2, 0.25) is 0 Å². The van der Waals surface area contributed by atoms with Crippen molar-refractivity contribution < 1.29 is 9.15 Å². The van der Waals surface area contributed by atoms with Gasteiger partial charge >= 0.3 is 0 Å². The number of furan rings is 1. The highest BCUT2D eigenvalue weighted by molar-refractivity contribution is 5.78. The van der Waals surface area contributed by atoms with Crippen molar-refractivity contribution in [1.29, 1.82) is 5.26 Å². The Hall–Kier alpha value is -3.56. The maximum Gasteiger partial charge on any atom is 0.128 e. The van der Waals surface area contributed by atoms with E-state index < -0.39 is 0 Å². The van der Waals surface area contributed by atoms with Gasteiger partial charge in [-0.05, 0) is 48.5 Å². The zero-order valence-electron chi connectivity index (χ0n) is 16.3. The van der Waals surface area contributed by atoms with E-state index in [2.05, 4.69) is 21.6 Å². The number of rotatable bonds is 8. The van der Waals surface area contributed by atoms with Gasteiger partial charge in [-0.3, -0.25) is 9.47 Å². The van der Waals surface area contributed by atoms with Gasteiger partial charge in [-0.25, -0.2) is 4.98 Å². The normalized spacial score (nSPS) is 11.1. The molecule has 0 saturated heterocycles. The van der Waals surface area contributed by atoms with Crippen LogP contribution < -0.4 is 4.74 Å². The topological polar surface area (TPSA) is 67.2 Å². The Morgan fingerprint density at radius 2 is 1.90 bits per heavy atom. The molecule has 0 radical (unpaired) electrons. The molecule has 0 atom stereocenters. The van der Waals surface area contributed by atoms with Gasteiger partial charge in [0.05, 0.1) is 43.6 Å². The Labute approximate surface area is 169 Å². The molecule has 6 nitrogen and oxygen atoms in total. The van der Waals surface area contributed by atoms with Crippen molar-refractivity contribution >= 4 is 11.0 Å². The molecule has 0 spiro atoms. The van der Waals surface area contributed by atoms with Gasteiger partial charge in [0.15, 0.2) is 0 Å². The molecule has 4 rings (SSSR count). The highest BCUT2D eigenvalue weighted by Crippen LogP contribution is 2.24. The van der Waals surface area contributed by atoms with E-state index in [1.54, 1.807) is 13.4 Å². The molecule has 29 heavy (non-hydrogen) atoms. The molecule has 0 amide bonds. The first kappa shape index (κ1) is 18.8. The summed E-state index contributed by atoms with van der Waals surface area (Å²) in [5.41, 5.74) is 3.01. The average Bonchev–Trinajstić information content (AvgIpc) is 3.39. The minimum Gasteiger partial charge on any atom is -0.497 e. The lowest BCUT2D eigenvalue weighted by molar-refractivity contribution is 0.234. The van der Waals surface area contributed by atoms with E-state index in [0.717, 1.165) is 34.1 Å². The lowest BCUT2D eigenvalue weighted by Gasteiger charge is -2.20. The third-order valence-corrected chi connectivity index (χ3v) is 4.83. The maximum absolute atomic E-state index is 9.07. The number of aromatic nitrogens is 2. The molecule has 0 aliphatic rings. The second-order valence-corrected chi connectivity index (χ2v) is 6.75. The predicted molar refractivity (Wildman–Crippen MR) is 111 cm³/mol. The summed E-state index contributed by atoms with van der Waals surface area (Å²) in [5, 5.41) is 9.07. The summed E-state index contributed by atoms with van der Waals surface area (Å²) in [6, 6.07) is 22.1. The molecule has 0 bridgehead atoms. The highest BCUT2D eigenvalue weighted by Gasteiger charge is 2.17. The zero-order valence-corrected chi connectivity index (χ0v) is 16.3. The Balaban J connectivity index is 1.72. The van der Waals surface area contributed by atoms with Crippen LogP contribution in [0.5, 0.6) is 5.75 Å². The second-order valence-electron chi connectivity index (χ2n) is 6.75. The van der Waals surface area contributed by atoms with Gasteiger partial charge in [-0.2, -0.15) is 5.26 Å². The Bertz CT molecular complexity index is 1110. The third-order valence-electron chi connectivity index (χ3n) is 4.83. The molecule has 2 heterocycles. The Morgan fingerprint density at radius 1 is 1.07 bits per heavy atom. The molecule has 0 saturated carbocycles. The fraction of sp³-hybridized carbons (Fsp3) is 0.217. The molecular weight excluding hydrogens is 364 g/mol. The second kappa shape index (κ2) is 8.63. The van der Waals surface area contributed by atoms with Crippen LogP contribution in [-0.2, 0) is 13.1 Å². The minimum atomic E-state index is 0.448. The van der Waals surface area contributed by atoms with E-state index in [1.807, 2.05) is 54.6 Å². The van der Waals surface area contributed by atoms with Gasteiger partial charge in [0.1, 0.15) is 17.3 Å². The first-order valence-corrected chi connectivity index (χ1v) is 9.51. The van der Waals surface area contributed by atoms with E-state index in [1.165, 1.54) is 0 Å². The fourth-order valence-electron chi connectivity index (χ4n) is 3.45. The van der Waals surface area contributed by atoms with E-state index in [0.29, 0.717) is 26.1 Å². The molecule has 0 aliphatic carbocycles. The summed E-state index contributed by atoms with van der Waals surface area (Å²) in [4.78, 5) is 7.07. The summed E-state index contributed by atoms with van der Waals surface area (Å²) in [7, 11) is 1.66. The minimum absolute atomic E-state index is 0.448. The Kier molecular flexibility index (Phi) is 5.59. The van der Waals surface area contributed by atoms with E-state index in [-0.39, 0.29) is 0 Å². The first-order valence-electron chi connectivity index (χ1n) is 9.51. The van der Waals surface area contributed by atoms with Gasteiger partial charge < -0.3 is 9.15 Å². The van der Waals surface area contributed by atoms with Crippen LogP contribution in [0.4, 0.5) is 0 Å². The number of methoxy groups -OCH3 is 1. The van der Waals surface area contributed by atoms with Crippen LogP contribution in [0.3, 0.4) is 0 Å². The van der Waals surface area contributed by atoms with Crippen molar-refractivity contribution in [2.75, 3.05) is 13.7 Å². The number of imidazole rings is 1. The van der Waals surface area contributed by atoms with Gasteiger partial charge in [0.2, 0.25) is 0 Å². The van der Waals surface area contributed by atoms with Crippen LogP contribution in [-0.4, -0.2) is 28.1 Å². The van der Waals surface area contributed by atoms with Gasteiger partial charge in [-0.1, -0.05) is 12.1 Å². The summed E-state index contributed by atoms with van der Waals surface area (Å²) in [6.07, 6.45) is 2.12. The van der Waals surface area contributed by atoms with Gasteiger partial charge in [-0.15, -0.1) is 0 Å². The van der Waals surface area contributed by atoms with Gasteiger partial charge in [0.25, 0.3) is 0 Å². The van der Waals surface area contributed by atoms with E-state index >= 15 is 0 Å². The van der Waals surface area contributed by atoms with E-state index in [4.69, 9.17) is 19.4 Å². The molecule has 2 aromatic heterocycles. The van der Waals surface area contributed by atoms with Crippen molar-refractivity contribution in [3.8, 4) is 17.5 Å². The summed E-state index contributed by atoms with van der Waals surface area (Å²) >= 11 is 0. The standard InChI is InChI=1S/C23H22N4O2/c1-28-19-11-9-18(10-12-19)27-22-8-3-2-7-21(22)25-23(27)17-26(14-5-13-24)16-20-6-4-15-29-20/h2-4,6-12,15H,5,14,16-17H2,1H3. The molecule has 2 aromatic carbocycles. The lowest BCUT2D eigenvalue weighted by atomic mass is 10.2. The number of hydrogen-bond acceptors (Lipinski definition) is 5. The van der Waals surface area contributed by atoms with Crippen LogP contribution >= 0.6 is 0 Å². The van der Waals surface area contributed by atoms with Crippen LogP contribution in [0.1, 0.15) is 18.0 Å². The molecular formula is C23H22N4O2.